The topological polar surface area (TPSA) is 0 Å². The van der Waals surface area contributed by atoms with Gasteiger partial charge in [0, 0.05) is 4.88 Å². The van der Waals surface area contributed by atoms with Crippen molar-refractivity contribution in [3.8, 4) is 0 Å². The molecule has 0 nitrogen and oxygen atoms in total. The van der Waals surface area contributed by atoms with E-state index in [1.807, 2.05) is 16.6 Å². The van der Waals surface area contributed by atoms with Crippen molar-refractivity contribution in [3.05, 3.63) is 10.3 Å². The van der Waals surface area contributed by atoms with Crippen LogP contribution in [-0.4, -0.2) is 24.6 Å². The summed E-state index contributed by atoms with van der Waals surface area (Å²) in [6, 6.07) is 0. The maximum Gasteiger partial charge on any atom is 0.00976 e. The van der Waals surface area contributed by atoms with Crippen molar-refractivity contribution >= 4 is 37.8 Å². The molecule has 0 aliphatic heterocycles. The molecule has 0 aliphatic carbocycles. The third-order valence-electron chi connectivity index (χ3n) is 3.55. The molecule has 1 heterocycles. The Morgan fingerprint density at radius 1 is 0.800 bits per heavy atom. The Bertz CT molecular complexity index is 361. The van der Waals surface area contributed by atoms with Gasteiger partial charge in [-0.2, -0.15) is 0 Å². The first kappa shape index (κ1) is 18.6. The predicted octanol–water partition coefficient (Wildman–Crippen LogP) is 5.91. The van der Waals surface area contributed by atoms with E-state index in [-0.39, 0.29) is 15.8 Å². The highest BCUT2D eigenvalue weighted by atomic mass is 32.1. The molecule has 0 radical (unpaired) electrons. The summed E-state index contributed by atoms with van der Waals surface area (Å²) < 4.78 is 0. The van der Waals surface area contributed by atoms with Gasteiger partial charge in [0.1, 0.15) is 0 Å². The maximum atomic E-state index is 2.53. The fourth-order valence-corrected chi connectivity index (χ4v) is 10.6. The quantitative estimate of drug-likeness (QED) is 0.468. The Balaban J connectivity index is 3.06. The van der Waals surface area contributed by atoms with Crippen LogP contribution in [0.1, 0.15) is 58.3 Å². The van der Waals surface area contributed by atoms with Gasteiger partial charge in [-0.3, -0.25) is 0 Å². The highest BCUT2D eigenvalue weighted by Gasteiger charge is 2.22. The van der Waals surface area contributed by atoms with E-state index in [1.54, 1.807) is 10.2 Å². The lowest BCUT2D eigenvalue weighted by Gasteiger charge is -2.23. The number of thiophene rings is 1. The lowest BCUT2D eigenvalue weighted by molar-refractivity contribution is 1.06. The SMILES string of the molecule is CCCP(CCC)c1csc(C)c1P(CCC)CCC. The van der Waals surface area contributed by atoms with Crippen molar-refractivity contribution in [2.45, 2.75) is 60.3 Å². The third-order valence-corrected chi connectivity index (χ3v) is 11.2. The van der Waals surface area contributed by atoms with Crippen LogP contribution in [0.15, 0.2) is 5.38 Å². The van der Waals surface area contributed by atoms with Crippen LogP contribution in [0.2, 0.25) is 0 Å². The molecule has 3 heteroatoms. The summed E-state index contributed by atoms with van der Waals surface area (Å²) in [7, 11) is 0.229. The van der Waals surface area contributed by atoms with Crippen LogP contribution in [0.25, 0.3) is 0 Å². The Labute approximate surface area is 133 Å². The zero-order valence-corrected chi connectivity index (χ0v) is 16.6. The smallest absolute Gasteiger partial charge is 0.00976 e. The van der Waals surface area contributed by atoms with Gasteiger partial charge in [-0.15, -0.1) is 11.3 Å². The van der Waals surface area contributed by atoms with E-state index in [2.05, 4.69) is 40.0 Å². The summed E-state index contributed by atoms with van der Waals surface area (Å²) in [5.41, 5.74) is 0. The molecule has 0 saturated heterocycles. The van der Waals surface area contributed by atoms with Crippen molar-refractivity contribution in [1.29, 1.82) is 0 Å². The molecule has 0 saturated carbocycles. The molecule has 0 spiro atoms. The normalized spacial score (nSPS) is 11.8. The van der Waals surface area contributed by atoms with Crippen molar-refractivity contribution in [2.24, 2.45) is 0 Å². The van der Waals surface area contributed by atoms with Crippen LogP contribution >= 0.6 is 27.2 Å². The summed E-state index contributed by atoms with van der Waals surface area (Å²) in [4.78, 5) is 1.63. The molecule has 0 amide bonds. The second kappa shape index (κ2) is 10.3. The lowest BCUT2D eigenvalue weighted by Crippen LogP contribution is -2.23. The van der Waals surface area contributed by atoms with E-state index in [0.29, 0.717) is 0 Å². The fraction of sp³-hybridized carbons (Fsp3) is 0.765. The van der Waals surface area contributed by atoms with Crippen molar-refractivity contribution < 1.29 is 0 Å². The summed E-state index contributed by atoms with van der Waals surface area (Å²) in [5, 5.41) is 6.17. The molecule has 1 aromatic rings. The molecular weight excluding hydrogens is 298 g/mol. The van der Waals surface area contributed by atoms with Gasteiger partial charge in [-0.25, -0.2) is 0 Å². The van der Waals surface area contributed by atoms with Gasteiger partial charge < -0.3 is 0 Å². The van der Waals surface area contributed by atoms with E-state index >= 15 is 0 Å². The largest absolute Gasteiger partial charge is 0.148 e. The minimum absolute atomic E-state index is 0.112. The first-order valence-electron chi connectivity index (χ1n) is 8.27. The Hall–Kier alpha value is 0.560. The minimum Gasteiger partial charge on any atom is -0.148 e. The van der Waals surface area contributed by atoms with E-state index in [4.69, 9.17) is 0 Å². The number of rotatable bonds is 10. The number of hydrogen-bond acceptors (Lipinski definition) is 1. The average molecular weight is 330 g/mol. The van der Waals surface area contributed by atoms with Crippen LogP contribution in [0.5, 0.6) is 0 Å². The Morgan fingerprint density at radius 3 is 1.70 bits per heavy atom. The van der Waals surface area contributed by atoms with Gasteiger partial charge in [0.05, 0.1) is 0 Å². The monoisotopic (exact) mass is 330 g/mol. The third kappa shape index (κ3) is 5.08. The minimum atomic E-state index is 0.112. The van der Waals surface area contributed by atoms with Crippen LogP contribution in [0.4, 0.5) is 0 Å². The van der Waals surface area contributed by atoms with Crippen LogP contribution in [0.3, 0.4) is 0 Å². The first-order valence-corrected chi connectivity index (χ1v) is 12.6. The standard InChI is InChI=1S/C17H32P2S/c1-6-10-18(11-7-2)16-14-20-15(5)17(16)19(12-8-3)13-9-4/h14H,6-13H2,1-5H3. The second-order valence-corrected chi connectivity index (χ2v) is 11.5. The van der Waals surface area contributed by atoms with Crippen LogP contribution in [0, 0.1) is 6.92 Å². The van der Waals surface area contributed by atoms with E-state index < -0.39 is 0 Å². The molecule has 0 bridgehead atoms. The highest BCUT2D eigenvalue weighted by molar-refractivity contribution is 7.72. The van der Waals surface area contributed by atoms with Crippen molar-refractivity contribution in [3.63, 3.8) is 0 Å². The molecule has 0 atom stereocenters. The van der Waals surface area contributed by atoms with Crippen molar-refractivity contribution in [1.82, 2.24) is 0 Å². The number of hydrogen-bond donors (Lipinski definition) is 0. The fourth-order valence-electron chi connectivity index (χ4n) is 2.81. The summed E-state index contributed by atoms with van der Waals surface area (Å²) in [5.74, 6) is 0. The van der Waals surface area contributed by atoms with Gasteiger partial charge in [-0.05, 0) is 47.6 Å². The molecule has 0 fully saturated rings. The summed E-state index contributed by atoms with van der Waals surface area (Å²) in [6.45, 7) is 11.8. The lowest BCUT2D eigenvalue weighted by atomic mass is 10.5. The molecule has 0 N–H and O–H groups in total. The molecule has 0 aromatic carbocycles. The predicted molar refractivity (Wildman–Crippen MR) is 103 cm³/mol. The summed E-state index contributed by atoms with van der Waals surface area (Å²) >= 11 is 2.02. The van der Waals surface area contributed by atoms with Gasteiger partial charge >= 0.3 is 0 Å². The maximum absolute atomic E-state index is 2.53. The molecule has 1 rings (SSSR count). The molecule has 0 aliphatic rings. The van der Waals surface area contributed by atoms with E-state index in [1.165, 1.54) is 50.3 Å². The highest BCUT2D eigenvalue weighted by Crippen LogP contribution is 2.44. The van der Waals surface area contributed by atoms with Crippen molar-refractivity contribution in [2.75, 3.05) is 24.6 Å². The zero-order valence-electron chi connectivity index (χ0n) is 14.0. The Kier molecular flexibility index (Phi) is 9.60. The van der Waals surface area contributed by atoms with Gasteiger partial charge in [0.15, 0.2) is 0 Å². The van der Waals surface area contributed by atoms with Gasteiger partial charge in [0.25, 0.3) is 0 Å². The first-order chi connectivity index (χ1) is 9.69. The molecule has 20 heavy (non-hydrogen) atoms. The Morgan fingerprint density at radius 2 is 1.25 bits per heavy atom. The van der Waals surface area contributed by atoms with E-state index in [0.717, 1.165) is 0 Å². The average Bonchev–Trinajstić information content (AvgIpc) is 2.80. The van der Waals surface area contributed by atoms with Gasteiger partial charge in [-0.1, -0.05) is 69.2 Å². The molecule has 116 valence electrons. The second-order valence-electron chi connectivity index (χ2n) is 5.50. The zero-order chi connectivity index (χ0) is 15.0. The number of aryl methyl sites for hydroxylation is 1. The van der Waals surface area contributed by atoms with E-state index in [9.17, 15) is 0 Å². The van der Waals surface area contributed by atoms with Crippen LogP contribution in [-0.2, 0) is 0 Å². The summed E-state index contributed by atoms with van der Waals surface area (Å²) in [6.07, 6.45) is 11.1. The molecule has 1 aromatic heterocycles. The van der Waals surface area contributed by atoms with Gasteiger partial charge in [0.2, 0.25) is 0 Å². The van der Waals surface area contributed by atoms with Crippen LogP contribution < -0.4 is 10.6 Å². The molecular formula is C17H32P2S. The molecule has 0 unspecified atom stereocenters.